The number of ketones is 1. The molecule has 4 nitrogen and oxygen atoms in total. The Bertz CT molecular complexity index is 1480. The van der Waals surface area contributed by atoms with Crippen molar-refractivity contribution in [2.75, 3.05) is 0 Å². The summed E-state index contributed by atoms with van der Waals surface area (Å²) in [7, 11) is 0. The third-order valence-corrected chi connectivity index (χ3v) is 8.03. The van der Waals surface area contributed by atoms with Crippen LogP contribution < -0.4 is 4.74 Å². The smallest absolute Gasteiger partial charge is 0.315 e. The van der Waals surface area contributed by atoms with Crippen LogP contribution in [0.25, 0.3) is 0 Å². The van der Waals surface area contributed by atoms with E-state index in [4.69, 9.17) is 51.1 Å². The first kappa shape index (κ1) is 31.0. The number of carbonyl (C=O) groups excluding carboxylic acids is 2. The van der Waals surface area contributed by atoms with E-state index in [2.05, 4.69) is 45.2 Å². The van der Waals surface area contributed by atoms with Crippen LogP contribution in [0.2, 0.25) is 20.1 Å². The van der Waals surface area contributed by atoms with E-state index in [-0.39, 0.29) is 35.9 Å². The summed E-state index contributed by atoms with van der Waals surface area (Å²) in [6.45, 7) is 0. The Morgan fingerprint density at radius 2 is 1.21 bits per heavy atom. The molecule has 38 heavy (non-hydrogen) atoms. The van der Waals surface area contributed by atoms with E-state index in [1.165, 1.54) is 12.1 Å². The second-order valence-electron chi connectivity index (χ2n) is 7.84. The maximum Gasteiger partial charge on any atom is 0.315 e. The van der Waals surface area contributed by atoms with Crippen LogP contribution in [0.1, 0.15) is 21.5 Å². The van der Waals surface area contributed by atoms with Gasteiger partial charge in [0.15, 0.2) is 5.78 Å². The Morgan fingerprint density at radius 1 is 0.684 bits per heavy atom. The van der Waals surface area contributed by atoms with Gasteiger partial charge in [0.1, 0.15) is 11.5 Å². The number of esters is 1. The van der Waals surface area contributed by atoms with Gasteiger partial charge >= 0.3 is 5.97 Å². The number of phenolic OH excluding ortho intramolecular Hbond substituents is 1. The SMILES string of the molecule is O=C(Cc1cc(Cl)ccc1I)Oc1cccc(Cl)c1.O=C(Cc1cc(Cl)ccc1I)c1ccc(Cl)cc1O. The molecule has 0 saturated carbocycles. The first-order valence-electron chi connectivity index (χ1n) is 10.9. The van der Waals surface area contributed by atoms with E-state index in [0.29, 0.717) is 25.8 Å². The van der Waals surface area contributed by atoms with Gasteiger partial charge in [-0.3, -0.25) is 9.59 Å². The Labute approximate surface area is 267 Å². The molecule has 10 heteroatoms. The average Bonchev–Trinajstić information content (AvgIpc) is 2.84. The fraction of sp³-hybridized carbons (Fsp3) is 0.0714. The Kier molecular flexibility index (Phi) is 12.0. The van der Waals surface area contributed by atoms with E-state index in [9.17, 15) is 14.7 Å². The number of benzene rings is 4. The number of aromatic hydroxyl groups is 1. The molecule has 0 spiro atoms. The Hall–Kier alpha value is -1.56. The van der Waals surface area contributed by atoms with E-state index >= 15 is 0 Å². The first-order valence-corrected chi connectivity index (χ1v) is 14.5. The minimum Gasteiger partial charge on any atom is -0.507 e. The lowest BCUT2D eigenvalue weighted by atomic mass is 10.0. The molecule has 0 aliphatic rings. The van der Waals surface area contributed by atoms with Crippen molar-refractivity contribution in [3.63, 3.8) is 0 Å². The molecule has 0 heterocycles. The Balaban J connectivity index is 0.000000211. The van der Waals surface area contributed by atoms with Gasteiger partial charge in [0.05, 0.1) is 12.0 Å². The summed E-state index contributed by atoms with van der Waals surface area (Å²) in [6, 6.07) is 22.0. The predicted molar refractivity (Wildman–Crippen MR) is 170 cm³/mol. The maximum absolute atomic E-state index is 12.2. The topological polar surface area (TPSA) is 63.6 Å². The number of carbonyl (C=O) groups is 2. The summed E-state index contributed by atoms with van der Waals surface area (Å²) in [6.07, 6.45) is 0.360. The minimum absolute atomic E-state index is 0.102. The lowest BCUT2D eigenvalue weighted by Crippen LogP contribution is -2.12. The summed E-state index contributed by atoms with van der Waals surface area (Å²) in [5.41, 5.74) is 1.95. The van der Waals surface area contributed by atoms with Gasteiger partial charge in [0.25, 0.3) is 0 Å². The molecule has 4 aromatic rings. The molecular formula is C28H18Cl4I2O4. The molecule has 0 saturated heterocycles. The van der Waals surface area contributed by atoms with Gasteiger partial charge < -0.3 is 9.84 Å². The van der Waals surface area contributed by atoms with Crippen LogP contribution in [0, 0.1) is 7.14 Å². The van der Waals surface area contributed by atoms with Crippen molar-refractivity contribution in [3.8, 4) is 11.5 Å². The molecule has 0 aliphatic carbocycles. The van der Waals surface area contributed by atoms with Crippen molar-refractivity contribution in [1.82, 2.24) is 0 Å². The predicted octanol–water partition coefficient (Wildman–Crippen LogP) is 9.48. The number of Topliss-reactive ketones (excluding diaryl/α,β-unsaturated/α-hetero) is 1. The van der Waals surface area contributed by atoms with Crippen LogP contribution in [0.5, 0.6) is 11.5 Å². The van der Waals surface area contributed by atoms with E-state index in [1.807, 2.05) is 12.1 Å². The highest BCUT2D eigenvalue weighted by Crippen LogP contribution is 2.25. The molecule has 0 atom stereocenters. The lowest BCUT2D eigenvalue weighted by molar-refractivity contribution is -0.133. The fourth-order valence-corrected chi connectivity index (χ4v) is 5.01. The first-order chi connectivity index (χ1) is 18.0. The number of hydrogen-bond acceptors (Lipinski definition) is 4. The molecular weight excluding hydrogens is 796 g/mol. The van der Waals surface area contributed by atoms with Crippen LogP contribution in [0.15, 0.2) is 78.9 Å². The fourth-order valence-electron chi connectivity index (χ4n) is 3.22. The highest BCUT2D eigenvalue weighted by molar-refractivity contribution is 14.1. The highest BCUT2D eigenvalue weighted by atomic mass is 127. The third-order valence-electron chi connectivity index (χ3n) is 4.99. The summed E-state index contributed by atoms with van der Waals surface area (Å²) in [4.78, 5) is 24.0. The Morgan fingerprint density at radius 3 is 1.79 bits per heavy atom. The monoisotopic (exact) mass is 812 g/mol. The van der Waals surface area contributed by atoms with Gasteiger partial charge in [-0.05, 0) is 129 Å². The molecule has 0 aliphatic heterocycles. The van der Waals surface area contributed by atoms with Crippen molar-refractivity contribution in [1.29, 1.82) is 0 Å². The highest BCUT2D eigenvalue weighted by Gasteiger charge is 2.14. The maximum atomic E-state index is 12.2. The van der Waals surface area contributed by atoms with Crippen LogP contribution in [0.3, 0.4) is 0 Å². The molecule has 0 fully saturated rings. The van der Waals surface area contributed by atoms with Gasteiger partial charge in [0.2, 0.25) is 0 Å². The molecule has 196 valence electrons. The van der Waals surface area contributed by atoms with Crippen molar-refractivity contribution >= 4 is 103 Å². The van der Waals surface area contributed by atoms with Crippen molar-refractivity contribution in [3.05, 3.63) is 123 Å². The number of phenols is 1. The van der Waals surface area contributed by atoms with Gasteiger partial charge in [-0.2, -0.15) is 0 Å². The molecule has 4 aromatic carbocycles. The summed E-state index contributed by atoms with van der Waals surface area (Å²) >= 11 is 27.7. The quantitative estimate of drug-likeness (QED) is 0.0913. The molecule has 0 bridgehead atoms. The lowest BCUT2D eigenvalue weighted by Gasteiger charge is -2.06. The van der Waals surface area contributed by atoms with Gasteiger partial charge in [-0.15, -0.1) is 0 Å². The molecule has 0 amide bonds. The van der Waals surface area contributed by atoms with Crippen LogP contribution in [-0.2, 0) is 17.6 Å². The summed E-state index contributed by atoms with van der Waals surface area (Å²) in [5.74, 6) is -0.180. The number of halogens is 6. The summed E-state index contributed by atoms with van der Waals surface area (Å²) in [5, 5.41) is 11.8. The zero-order valence-electron chi connectivity index (χ0n) is 19.4. The van der Waals surface area contributed by atoms with E-state index in [1.54, 1.807) is 54.6 Å². The van der Waals surface area contributed by atoms with Crippen molar-refractivity contribution in [2.45, 2.75) is 12.8 Å². The third kappa shape index (κ3) is 9.57. The van der Waals surface area contributed by atoms with Gasteiger partial charge in [-0.1, -0.05) is 52.5 Å². The minimum atomic E-state index is -0.345. The number of rotatable bonds is 6. The van der Waals surface area contributed by atoms with Gasteiger partial charge in [-0.25, -0.2) is 0 Å². The van der Waals surface area contributed by atoms with E-state index in [0.717, 1.165) is 18.3 Å². The van der Waals surface area contributed by atoms with Crippen molar-refractivity contribution < 1.29 is 19.4 Å². The number of hydrogen-bond donors (Lipinski definition) is 1. The second-order valence-corrected chi connectivity index (χ2v) is 11.9. The van der Waals surface area contributed by atoms with Crippen LogP contribution >= 0.6 is 91.6 Å². The molecule has 0 unspecified atom stereocenters. The average molecular weight is 814 g/mol. The van der Waals surface area contributed by atoms with Crippen LogP contribution in [0.4, 0.5) is 0 Å². The standard InChI is InChI=1S/2C14H9Cl2IO2/c15-9-2-4-12(17)8(5-9)6-13(18)11-3-1-10(16)7-14(11)19;15-10-2-1-3-12(8-10)19-14(18)7-9-6-11(16)4-5-13(9)17/h1-5,7,19H,6H2;1-6,8H,7H2. The largest absolute Gasteiger partial charge is 0.507 e. The number of ether oxygens (including phenoxy) is 1. The zero-order chi connectivity index (χ0) is 27.8. The molecule has 0 radical (unpaired) electrons. The summed E-state index contributed by atoms with van der Waals surface area (Å²) < 4.78 is 7.16. The second kappa shape index (κ2) is 14.7. The van der Waals surface area contributed by atoms with E-state index < -0.39 is 0 Å². The van der Waals surface area contributed by atoms with Gasteiger partial charge in [0, 0.05) is 33.7 Å². The normalized spacial score (nSPS) is 10.4. The molecule has 4 rings (SSSR count). The van der Waals surface area contributed by atoms with Crippen LogP contribution in [-0.4, -0.2) is 16.9 Å². The zero-order valence-corrected chi connectivity index (χ0v) is 26.7. The van der Waals surface area contributed by atoms with Crippen molar-refractivity contribution in [2.24, 2.45) is 0 Å². The molecule has 1 N–H and O–H groups in total. The molecule has 0 aromatic heterocycles.